The molecule has 1 atom stereocenters. The number of carbonyl (C=O) groups is 2. The van der Waals surface area contributed by atoms with Crippen molar-refractivity contribution in [1.29, 1.82) is 0 Å². The molecule has 0 spiro atoms. The number of furan rings is 1. The fourth-order valence-electron chi connectivity index (χ4n) is 2.66. The normalized spacial score (nSPS) is 11.5. The van der Waals surface area contributed by atoms with Crippen molar-refractivity contribution in [3.8, 4) is 0 Å². The summed E-state index contributed by atoms with van der Waals surface area (Å²) in [4.78, 5) is 25.1. The maximum Gasteiger partial charge on any atom is 0.319 e. The Morgan fingerprint density at radius 1 is 1.00 bits per heavy atom. The maximum atomic E-state index is 12.7. The molecule has 0 bridgehead atoms. The van der Waals surface area contributed by atoms with Gasteiger partial charge in [-0.2, -0.15) is 0 Å². The monoisotopic (exact) mass is 397 g/mol. The van der Waals surface area contributed by atoms with Crippen LogP contribution in [-0.4, -0.2) is 18.0 Å². The highest BCUT2D eigenvalue weighted by Gasteiger charge is 2.21. The van der Waals surface area contributed by atoms with E-state index in [0.29, 0.717) is 22.9 Å². The number of hydrogen-bond donors (Lipinski definition) is 3. The molecule has 3 aromatic rings. The van der Waals surface area contributed by atoms with Crippen LogP contribution in [0, 0.1) is 0 Å². The third kappa shape index (κ3) is 5.89. The predicted octanol–water partition coefficient (Wildman–Crippen LogP) is 3.98. The minimum atomic E-state index is -0.753. The van der Waals surface area contributed by atoms with Gasteiger partial charge < -0.3 is 20.4 Å². The van der Waals surface area contributed by atoms with Gasteiger partial charge in [0.25, 0.3) is 0 Å². The molecule has 0 saturated heterocycles. The summed E-state index contributed by atoms with van der Waals surface area (Å²) < 4.78 is 5.23. The first-order valence-corrected chi connectivity index (χ1v) is 9.15. The number of carbonyl (C=O) groups excluding carboxylic acids is 2. The highest BCUT2D eigenvalue weighted by Crippen LogP contribution is 2.15. The van der Waals surface area contributed by atoms with Crippen LogP contribution in [0.3, 0.4) is 0 Å². The van der Waals surface area contributed by atoms with E-state index in [1.807, 2.05) is 30.3 Å². The van der Waals surface area contributed by atoms with Crippen molar-refractivity contribution in [3.05, 3.63) is 89.3 Å². The van der Waals surface area contributed by atoms with Crippen LogP contribution >= 0.6 is 11.6 Å². The minimum absolute atomic E-state index is 0.245. The van der Waals surface area contributed by atoms with Gasteiger partial charge in [0.05, 0.1) is 12.8 Å². The Bertz CT molecular complexity index is 914. The standard InChI is InChI=1S/C21H20ClN3O3/c22-16-8-4-9-17(13-16)24-21(27)25-19(12-15-6-2-1-3-7-15)20(26)23-14-18-10-5-11-28-18/h1-11,13,19H,12,14H2,(H,23,26)(H2,24,25,27)/t19-/m0/s1. The second kappa shape index (κ2) is 9.62. The lowest BCUT2D eigenvalue weighted by atomic mass is 10.1. The maximum absolute atomic E-state index is 12.7. The zero-order valence-corrected chi connectivity index (χ0v) is 15.8. The van der Waals surface area contributed by atoms with Crippen LogP contribution in [-0.2, 0) is 17.8 Å². The molecule has 144 valence electrons. The van der Waals surface area contributed by atoms with Crippen LogP contribution < -0.4 is 16.0 Å². The molecule has 0 aliphatic rings. The lowest BCUT2D eigenvalue weighted by molar-refractivity contribution is -0.123. The fraction of sp³-hybridized carbons (Fsp3) is 0.143. The number of hydrogen-bond acceptors (Lipinski definition) is 3. The summed E-state index contributed by atoms with van der Waals surface area (Å²) in [5, 5.41) is 8.71. The van der Waals surface area contributed by atoms with Gasteiger partial charge in [-0.15, -0.1) is 0 Å². The van der Waals surface area contributed by atoms with Crippen molar-refractivity contribution in [2.24, 2.45) is 0 Å². The zero-order valence-electron chi connectivity index (χ0n) is 15.0. The van der Waals surface area contributed by atoms with Crippen molar-refractivity contribution < 1.29 is 14.0 Å². The average molecular weight is 398 g/mol. The van der Waals surface area contributed by atoms with Gasteiger partial charge in [0.1, 0.15) is 11.8 Å². The molecule has 3 amide bonds. The Morgan fingerprint density at radius 3 is 2.54 bits per heavy atom. The number of rotatable bonds is 7. The first kappa shape index (κ1) is 19.5. The highest BCUT2D eigenvalue weighted by molar-refractivity contribution is 6.30. The smallest absolute Gasteiger partial charge is 0.319 e. The van der Waals surface area contributed by atoms with Crippen molar-refractivity contribution in [3.63, 3.8) is 0 Å². The van der Waals surface area contributed by atoms with Crippen LogP contribution in [0.1, 0.15) is 11.3 Å². The van der Waals surface area contributed by atoms with E-state index in [1.165, 1.54) is 0 Å². The van der Waals surface area contributed by atoms with E-state index in [2.05, 4.69) is 16.0 Å². The van der Waals surface area contributed by atoms with Crippen molar-refractivity contribution in [2.75, 3.05) is 5.32 Å². The number of benzene rings is 2. The second-order valence-electron chi connectivity index (χ2n) is 6.15. The second-order valence-corrected chi connectivity index (χ2v) is 6.58. The van der Waals surface area contributed by atoms with Crippen LogP contribution in [0.2, 0.25) is 5.02 Å². The summed E-state index contributed by atoms with van der Waals surface area (Å²) in [6.45, 7) is 0.245. The third-order valence-electron chi connectivity index (χ3n) is 4.00. The van der Waals surface area contributed by atoms with E-state index in [0.717, 1.165) is 5.56 Å². The van der Waals surface area contributed by atoms with E-state index in [4.69, 9.17) is 16.0 Å². The van der Waals surface area contributed by atoms with Gasteiger partial charge in [0.2, 0.25) is 5.91 Å². The number of amides is 3. The molecule has 0 unspecified atom stereocenters. The molecule has 1 aromatic heterocycles. The van der Waals surface area contributed by atoms with Crippen LogP contribution in [0.15, 0.2) is 77.4 Å². The number of halogens is 1. The van der Waals surface area contributed by atoms with E-state index < -0.39 is 12.1 Å². The van der Waals surface area contributed by atoms with Crippen molar-refractivity contribution in [1.82, 2.24) is 10.6 Å². The Morgan fingerprint density at radius 2 is 1.82 bits per heavy atom. The summed E-state index contributed by atoms with van der Waals surface area (Å²) in [6, 6.07) is 18.6. The summed E-state index contributed by atoms with van der Waals surface area (Å²) >= 11 is 5.94. The lowest BCUT2D eigenvalue weighted by Crippen LogP contribution is -2.49. The number of urea groups is 1. The highest BCUT2D eigenvalue weighted by atomic mass is 35.5. The Balaban J connectivity index is 1.65. The number of nitrogens with one attached hydrogen (secondary N) is 3. The Hall–Kier alpha value is -3.25. The quantitative estimate of drug-likeness (QED) is 0.563. The molecule has 0 aliphatic carbocycles. The summed E-state index contributed by atoms with van der Waals surface area (Å²) in [5.74, 6) is 0.330. The minimum Gasteiger partial charge on any atom is -0.467 e. The molecule has 6 nitrogen and oxygen atoms in total. The van der Waals surface area contributed by atoms with E-state index in [9.17, 15) is 9.59 Å². The molecule has 0 radical (unpaired) electrons. The first-order valence-electron chi connectivity index (χ1n) is 8.77. The topological polar surface area (TPSA) is 83.4 Å². The fourth-order valence-corrected chi connectivity index (χ4v) is 2.85. The van der Waals surface area contributed by atoms with Crippen LogP contribution in [0.25, 0.3) is 0 Å². The average Bonchev–Trinajstić information content (AvgIpc) is 3.20. The molecule has 28 heavy (non-hydrogen) atoms. The molecule has 0 fully saturated rings. The molecule has 2 aromatic carbocycles. The zero-order chi connectivity index (χ0) is 19.8. The van der Waals surface area contributed by atoms with E-state index in [1.54, 1.807) is 42.7 Å². The Kier molecular flexibility index (Phi) is 6.70. The van der Waals surface area contributed by atoms with Crippen LogP contribution in [0.4, 0.5) is 10.5 Å². The molecule has 3 N–H and O–H groups in total. The molecule has 3 rings (SSSR count). The number of anilines is 1. The predicted molar refractivity (Wildman–Crippen MR) is 108 cm³/mol. The van der Waals surface area contributed by atoms with Gasteiger partial charge in [-0.1, -0.05) is 48.0 Å². The summed E-state index contributed by atoms with van der Waals surface area (Å²) in [5.41, 5.74) is 1.48. The SMILES string of the molecule is O=C(Nc1cccc(Cl)c1)N[C@@H](Cc1ccccc1)C(=O)NCc1ccco1. The molecule has 7 heteroatoms. The van der Waals surface area contributed by atoms with E-state index >= 15 is 0 Å². The van der Waals surface area contributed by atoms with Gasteiger partial charge in [-0.25, -0.2) is 4.79 Å². The van der Waals surface area contributed by atoms with Gasteiger partial charge >= 0.3 is 6.03 Å². The van der Waals surface area contributed by atoms with Crippen LogP contribution in [0.5, 0.6) is 0 Å². The van der Waals surface area contributed by atoms with Crippen molar-refractivity contribution in [2.45, 2.75) is 19.0 Å². The summed E-state index contributed by atoms with van der Waals surface area (Å²) in [7, 11) is 0. The molecule has 0 saturated carbocycles. The first-order chi connectivity index (χ1) is 13.6. The molecule has 1 heterocycles. The molecule has 0 aliphatic heterocycles. The van der Waals surface area contributed by atoms with E-state index in [-0.39, 0.29) is 12.5 Å². The lowest BCUT2D eigenvalue weighted by Gasteiger charge is -2.19. The van der Waals surface area contributed by atoms with Crippen molar-refractivity contribution >= 4 is 29.2 Å². The molecular formula is C21H20ClN3O3. The largest absolute Gasteiger partial charge is 0.467 e. The van der Waals surface area contributed by atoms with Gasteiger partial charge in [0.15, 0.2) is 0 Å². The van der Waals surface area contributed by atoms with Gasteiger partial charge in [-0.05, 0) is 35.9 Å². The molecular weight excluding hydrogens is 378 g/mol. The van der Waals surface area contributed by atoms with Gasteiger partial charge in [-0.3, -0.25) is 4.79 Å². The summed E-state index contributed by atoms with van der Waals surface area (Å²) in [6.07, 6.45) is 1.90. The third-order valence-corrected chi connectivity index (χ3v) is 4.24. The van der Waals surface area contributed by atoms with Gasteiger partial charge in [0, 0.05) is 17.1 Å². The Labute approximate surface area is 167 Å².